The van der Waals surface area contributed by atoms with Crippen LogP contribution in [-0.2, 0) is 12.8 Å². The molecule has 5 nitrogen and oxygen atoms in total. The molecule has 0 unspecified atom stereocenters. The summed E-state index contributed by atoms with van der Waals surface area (Å²) in [6.07, 6.45) is 8.27. The number of hydrogen-bond acceptors (Lipinski definition) is 3. The lowest BCUT2D eigenvalue weighted by Crippen LogP contribution is -2.27. The molecule has 0 radical (unpaired) electrons. The second kappa shape index (κ2) is 7.41. The van der Waals surface area contributed by atoms with Crippen LogP contribution in [0.1, 0.15) is 52.0 Å². The zero-order chi connectivity index (χ0) is 20.7. The van der Waals surface area contributed by atoms with E-state index < -0.39 is 0 Å². The standard InChI is InChI=1S/C25H24N4O/c1-3-17-8-10-26-23(13-17)19-4-6-20-18(14-19)5-7-22(20)28-25(30)21-15-27-29-11-9-16(2)12-24(21)29/h4,6,8-15,22H,3,5,7H2,1-2H3,(H,28,30)/t22-/m1/s1. The lowest BCUT2D eigenvalue weighted by Gasteiger charge is -2.14. The van der Waals surface area contributed by atoms with Crippen molar-refractivity contribution in [1.82, 2.24) is 19.9 Å². The van der Waals surface area contributed by atoms with Gasteiger partial charge in [-0.05, 0) is 78.8 Å². The number of nitrogens with one attached hydrogen (secondary N) is 1. The number of nitrogens with zero attached hydrogens (tertiary/aromatic N) is 3. The Morgan fingerprint density at radius 3 is 2.97 bits per heavy atom. The molecule has 30 heavy (non-hydrogen) atoms. The van der Waals surface area contributed by atoms with Gasteiger partial charge in [-0.15, -0.1) is 0 Å². The molecule has 0 fully saturated rings. The van der Waals surface area contributed by atoms with Crippen LogP contribution in [0.2, 0.25) is 0 Å². The highest BCUT2D eigenvalue weighted by Gasteiger charge is 2.26. The first-order valence-electron chi connectivity index (χ1n) is 10.5. The Morgan fingerprint density at radius 2 is 2.10 bits per heavy atom. The van der Waals surface area contributed by atoms with Crippen molar-refractivity contribution < 1.29 is 4.79 Å². The molecule has 3 heterocycles. The molecule has 0 spiro atoms. The molecule has 1 atom stereocenters. The number of aromatic nitrogens is 3. The number of fused-ring (bicyclic) bond motifs is 2. The number of carbonyl (C=O) groups is 1. The van der Waals surface area contributed by atoms with Gasteiger partial charge in [0.1, 0.15) is 0 Å². The number of benzene rings is 1. The van der Waals surface area contributed by atoms with Crippen molar-refractivity contribution in [2.75, 3.05) is 0 Å². The van der Waals surface area contributed by atoms with E-state index in [1.165, 1.54) is 16.7 Å². The minimum atomic E-state index is -0.0742. The van der Waals surface area contributed by atoms with E-state index in [9.17, 15) is 4.79 Å². The van der Waals surface area contributed by atoms with Gasteiger partial charge in [-0.1, -0.05) is 19.1 Å². The van der Waals surface area contributed by atoms with Crippen LogP contribution in [0.4, 0.5) is 0 Å². The Labute approximate surface area is 175 Å². The number of rotatable bonds is 4. The SMILES string of the molecule is CCc1ccnc(-c2ccc3c(c2)CC[C@H]3NC(=O)c2cnn3ccc(C)cc23)c1. The van der Waals surface area contributed by atoms with Gasteiger partial charge in [0.15, 0.2) is 0 Å². The second-order valence-corrected chi connectivity index (χ2v) is 7.97. The Balaban J connectivity index is 1.39. The van der Waals surface area contributed by atoms with E-state index >= 15 is 0 Å². The number of pyridine rings is 2. The van der Waals surface area contributed by atoms with Gasteiger partial charge in [-0.2, -0.15) is 5.10 Å². The van der Waals surface area contributed by atoms with E-state index in [0.29, 0.717) is 5.56 Å². The van der Waals surface area contributed by atoms with Gasteiger partial charge in [0, 0.05) is 18.0 Å². The van der Waals surface area contributed by atoms with Gasteiger partial charge < -0.3 is 5.32 Å². The molecule has 0 saturated heterocycles. The highest BCUT2D eigenvalue weighted by molar-refractivity contribution is 6.00. The highest BCUT2D eigenvalue weighted by Crippen LogP contribution is 2.34. The van der Waals surface area contributed by atoms with Crippen LogP contribution in [0.25, 0.3) is 16.8 Å². The van der Waals surface area contributed by atoms with E-state index in [4.69, 9.17) is 0 Å². The summed E-state index contributed by atoms with van der Waals surface area (Å²) in [7, 11) is 0. The Bertz CT molecular complexity index is 1260. The van der Waals surface area contributed by atoms with Gasteiger partial charge in [0.2, 0.25) is 0 Å². The van der Waals surface area contributed by atoms with Crippen molar-refractivity contribution in [3.05, 3.63) is 88.9 Å². The molecule has 0 saturated carbocycles. The third-order valence-corrected chi connectivity index (χ3v) is 5.98. The van der Waals surface area contributed by atoms with Gasteiger partial charge in [0.25, 0.3) is 5.91 Å². The second-order valence-electron chi connectivity index (χ2n) is 7.97. The zero-order valence-corrected chi connectivity index (χ0v) is 17.2. The van der Waals surface area contributed by atoms with Gasteiger partial charge in [-0.25, -0.2) is 4.52 Å². The number of aryl methyl sites for hydroxylation is 3. The van der Waals surface area contributed by atoms with Crippen LogP contribution in [0.3, 0.4) is 0 Å². The lowest BCUT2D eigenvalue weighted by atomic mass is 10.0. The summed E-state index contributed by atoms with van der Waals surface area (Å²) in [5.41, 5.74) is 8.47. The third-order valence-electron chi connectivity index (χ3n) is 5.98. The first-order valence-corrected chi connectivity index (χ1v) is 10.5. The van der Waals surface area contributed by atoms with Gasteiger partial charge in [-0.3, -0.25) is 9.78 Å². The summed E-state index contributed by atoms with van der Waals surface area (Å²) in [5, 5.41) is 7.53. The largest absolute Gasteiger partial charge is 0.345 e. The van der Waals surface area contributed by atoms with Gasteiger partial charge in [0.05, 0.1) is 29.0 Å². The number of amides is 1. The topological polar surface area (TPSA) is 59.3 Å². The highest BCUT2D eigenvalue weighted by atomic mass is 16.1. The van der Waals surface area contributed by atoms with Gasteiger partial charge >= 0.3 is 0 Å². The first kappa shape index (κ1) is 18.6. The molecule has 3 aromatic heterocycles. The summed E-state index contributed by atoms with van der Waals surface area (Å²) >= 11 is 0. The van der Waals surface area contributed by atoms with E-state index in [1.807, 2.05) is 31.5 Å². The first-order chi connectivity index (χ1) is 14.6. The summed E-state index contributed by atoms with van der Waals surface area (Å²) in [6.45, 7) is 4.17. The lowest BCUT2D eigenvalue weighted by molar-refractivity contribution is 0.0938. The van der Waals surface area contributed by atoms with Crippen molar-refractivity contribution in [2.45, 2.75) is 39.2 Å². The average Bonchev–Trinajstić information content (AvgIpc) is 3.37. The monoisotopic (exact) mass is 396 g/mol. The molecule has 0 bridgehead atoms. The van der Waals surface area contributed by atoms with Crippen LogP contribution in [0, 0.1) is 6.92 Å². The van der Waals surface area contributed by atoms with Crippen LogP contribution in [0.15, 0.2) is 61.1 Å². The van der Waals surface area contributed by atoms with Crippen LogP contribution in [-0.4, -0.2) is 20.5 Å². The zero-order valence-electron chi connectivity index (χ0n) is 17.2. The maximum absolute atomic E-state index is 13.0. The molecule has 5 heteroatoms. The van der Waals surface area contributed by atoms with Crippen LogP contribution >= 0.6 is 0 Å². The molecular weight excluding hydrogens is 372 g/mol. The molecule has 150 valence electrons. The fraction of sp³-hybridized carbons (Fsp3) is 0.240. The minimum Gasteiger partial charge on any atom is -0.345 e. The normalized spacial score (nSPS) is 15.3. The minimum absolute atomic E-state index is 0.0243. The van der Waals surface area contributed by atoms with Crippen molar-refractivity contribution in [2.24, 2.45) is 0 Å². The van der Waals surface area contributed by atoms with E-state index in [2.05, 4.69) is 52.7 Å². The van der Waals surface area contributed by atoms with E-state index in [1.54, 1.807) is 10.7 Å². The molecule has 0 aliphatic heterocycles. The van der Waals surface area contributed by atoms with Crippen LogP contribution in [0.5, 0.6) is 0 Å². The van der Waals surface area contributed by atoms with Crippen molar-refractivity contribution in [3.8, 4) is 11.3 Å². The number of carbonyl (C=O) groups excluding carboxylic acids is 1. The van der Waals surface area contributed by atoms with Crippen molar-refractivity contribution >= 4 is 11.4 Å². The third kappa shape index (κ3) is 3.26. The van der Waals surface area contributed by atoms with Crippen molar-refractivity contribution in [1.29, 1.82) is 0 Å². The maximum atomic E-state index is 13.0. The van der Waals surface area contributed by atoms with Crippen molar-refractivity contribution in [3.63, 3.8) is 0 Å². The Kier molecular flexibility index (Phi) is 4.58. The van der Waals surface area contributed by atoms with Crippen LogP contribution < -0.4 is 5.32 Å². The Morgan fingerprint density at radius 1 is 1.20 bits per heavy atom. The smallest absolute Gasteiger partial charge is 0.255 e. The number of hydrogen-bond donors (Lipinski definition) is 1. The molecule has 1 N–H and O–H groups in total. The quantitative estimate of drug-likeness (QED) is 0.545. The fourth-order valence-electron chi connectivity index (χ4n) is 4.28. The predicted octanol–water partition coefficient (Wildman–Crippen LogP) is 4.68. The average molecular weight is 396 g/mol. The maximum Gasteiger partial charge on any atom is 0.255 e. The summed E-state index contributed by atoms with van der Waals surface area (Å²) < 4.78 is 1.74. The molecule has 1 aliphatic rings. The summed E-state index contributed by atoms with van der Waals surface area (Å²) in [4.78, 5) is 17.5. The van der Waals surface area contributed by atoms with E-state index in [0.717, 1.165) is 41.6 Å². The van der Waals surface area contributed by atoms with E-state index in [-0.39, 0.29) is 11.9 Å². The molecule has 1 aliphatic carbocycles. The molecule has 4 aromatic rings. The molecule has 5 rings (SSSR count). The predicted molar refractivity (Wildman–Crippen MR) is 118 cm³/mol. The summed E-state index contributed by atoms with van der Waals surface area (Å²) in [5.74, 6) is -0.0742. The fourth-order valence-corrected chi connectivity index (χ4v) is 4.28. The molecular formula is C25H24N4O. The Hall–Kier alpha value is -3.47. The summed E-state index contributed by atoms with van der Waals surface area (Å²) in [6, 6.07) is 14.7. The molecule has 1 aromatic carbocycles. The molecule has 1 amide bonds.